The molecular weight excluding hydrogens is 614 g/mol. The summed E-state index contributed by atoms with van der Waals surface area (Å²) >= 11 is 0. The van der Waals surface area contributed by atoms with E-state index >= 15 is 0 Å². The third-order valence-corrected chi connectivity index (χ3v) is 10.5. The first kappa shape index (κ1) is 33.9. The number of anilines is 1. The van der Waals surface area contributed by atoms with Crippen LogP contribution in [0.1, 0.15) is 54.4 Å². The van der Waals surface area contributed by atoms with E-state index in [0.717, 1.165) is 53.1 Å². The molecule has 1 unspecified atom stereocenters. The Hall–Kier alpha value is -4.50. The average molecular weight is 656 g/mol. The molecule has 0 radical (unpaired) electrons. The van der Waals surface area contributed by atoms with Crippen molar-refractivity contribution in [1.29, 1.82) is 0 Å². The van der Waals surface area contributed by atoms with Crippen molar-refractivity contribution in [2.24, 2.45) is 0 Å². The minimum atomic E-state index is -4.19. The highest BCUT2D eigenvalue weighted by molar-refractivity contribution is 7.92. The van der Waals surface area contributed by atoms with Crippen LogP contribution in [-0.4, -0.2) is 43.8 Å². The highest BCUT2D eigenvalue weighted by Crippen LogP contribution is 2.26. The molecule has 0 bridgehead atoms. The van der Waals surface area contributed by atoms with E-state index in [1.165, 1.54) is 29.2 Å². The molecule has 2 amide bonds. The topological polar surface area (TPSA) is 86.8 Å². The maximum Gasteiger partial charge on any atom is 0.264 e. The van der Waals surface area contributed by atoms with Crippen LogP contribution in [0.4, 0.5) is 10.1 Å². The van der Waals surface area contributed by atoms with E-state index in [-0.39, 0.29) is 29.8 Å². The van der Waals surface area contributed by atoms with Gasteiger partial charge in [0.25, 0.3) is 10.0 Å². The smallest absolute Gasteiger partial charge is 0.264 e. The lowest BCUT2D eigenvalue weighted by Gasteiger charge is -2.35. The minimum Gasteiger partial charge on any atom is -0.352 e. The van der Waals surface area contributed by atoms with Crippen molar-refractivity contribution in [3.8, 4) is 0 Å². The van der Waals surface area contributed by atoms with E-state index in [2.05, 4.69) is 5.32 Å². The van der Waals surface area contributed by atoms with Crippen molar-refractivity contribution >= 4 is 27.5 Å². The number of aryl methyl sites for hydroxylation is 2. The summed E-state index contributed by atoms with van der Waals surface area (Å²) in [5, 5.41) is 3.20. The summed E-state index contributed by atoms with van der Waals surface area (Å²) in [6.45, 7) is 3.18. The Morgan fingerprint density at radius 2 is 1.49 bits per heavy atom. The Balaban J connectivity index is 1.56. The van der Waals surface area contributed by atoms with Crippen LogP contribution in [0.15, 0.2) is 108 Å². The molecule has 9 heteroatoms. The monoisotopic (exact) mass is 655 g/mol. The highest BCUT2D eigenvalue weighted by Gasteiger charge is 2.35. The molecule has 1 aliphatic rings. The van der Waals surface area contributed by atoms with Gasteiger partial charge in [-0.25, -0.2) is 12.8 Å². The predicted molar refractivity (Wildman–Crippen MR) is 183 cm³/mol. The van der Waals surface area contributed by atoms with Crippen molar-refractivity contribution in [2.75, 3.05) is 10.8 Å². The summed E-state index contributed by atoms with van der Waals surface area (Å²) in [6, 6.07) is 27.8. The van der Waals surface area contributed by atoms with Gasteiger partial charge in [-0.15, -0.1) is 0 Å². The lowest BCUT2D eigenvalue weighted by Crippen LogP contribution is -2.55. The van der Waals surface area contributed by atoms with E-state index in [1.54, 1.807) is 42.5 Å². The molecule has 0 heterocycles. The van der Waals surface area contributed by atoms with Crippen LogP contribution in [0.25, 0.3) is 0 Å². The second-order valence-corrected chi connectivity index (χ2v) is 14.2. The van der Waals surface area contributed by atoms with Crippen molar-refractivity contribution in [3.05, 3.63) is 131 Å². The Labute approximate surface area is 277 Å². The first-order chi connectivity index (χ1) is 22.6. The maximum atomic E-state index is 14.6. The summed E-state index contributed by atoms with van der Waals surface area (Å²) in [4.78, 5) is 30.3. The van der Waals surface area contributed by atoms with Gasteiger partial charge in [0.2, 0.25) is 11.8 Å². The molecule has 246 valence electrons. The SMILES string of the molecule is Cc1ccc(S(=O)(=O)N(CC(=O)N(Cc2ccc(F)cc2)C(Cc2ccccc2)C(=O)NC2CCCCC2)c2cccc(C)c2)cc1. The van der Waals surface area contributed by atoms with Gasteiger partial charge in [0.1, 0.15) is 18.4 Å². The lowest BCUT2D eigenvalue weighted by atomic mass is 9.94. The second kappa shape index (κ2) is 15.4. The fraction of sp³-hybridized carbons (Fsp3) is 0.316. The first-order valence-electron chi connectivity index (χ1n) is 16.1. The molecule has 0 spiro atoms. The number of hydrogen-bond donors (Lipinski definition) is 1. The molecule has 0 saturated heterocycles. The first-order valence-corrected chi connectivity index (χ1v) is 17.6. The molecule has 47 heavy (non-hydrogen) atoms. The molecule has 0 aliphatic heterocycles. The number of benzene rings is 4. The minimum absolute atomic E-state index is 0.00278. The number of nitrogens with one attached hydrogen (secondary N) is 1. The molecule has 1 atom stereocenters. The van der Waals surface area contributed by atoms with Gasteiger partial charge in [-0.2, -0.15) is 0 Å². The molecule has 1 fully saturated rings. The summed E-state index contributed by atoms with van der Waals surface area (Å²) in [5.41, 5.74) is 3.55. The number of hydrogen-bond acceptors (Lipinski definition) is 4. The summed E-state index contributed by atoms with van der Waals surface area (Å²) < 4.78 is 43.4. The zero-order valence-electron chi connectivity index (χ0n) is 26.9. The van der Waals surface area contributed by atoms with Crippen LogP contribution >= 0.6 is 0 Å². The number of sulfonamides is 1. The standard InChI is InChI=1S/C38H42FN3O4S/c1-28-16-22-35(23-17-28)47(45,46)42(34-15-9-10-29(2)24-34)27-37(43)41(26-31-18-20-32(39)21-19-31)36(25-30-11-5-3-6-12-30)38(44)40-33-13-7-4-8-14-33/h3,5-6,9-12,15-24,33,36H,4,7-8,13-14,25-27H2,1-2H3,(H,40,44). The number of rotatable bonds is 12. The molecule has 0 aromatic heterocycles. The van der Waals surface area contributed by atoms with Gasteiger partial charge in [0.15, 0.2) is 0 Å². The van der Waals surface area contributed by atoms with Crippen LogP contribution in [-0.2, 0) is 32.6 Å². The van der Waals surface area contributed by atoms with Gasteiger partial charge in [-0.05, 0) is 79.8 Å². The Bertz CT molecular complexity index is 1760. The fourth-order valence-corrected chi connectivity index (χ4v) is 7.44. The maximum absolute atomic E-state index is 14.6. The summed E-state index contributed by atoms with van der Waals surface area (Å²) in [7, 11) is -4.19. The quantitative estimate of drug-likeness (QED) is 0.184. The number of nitrogens with zero attached hydrogens (tertiary/aromatic N) is 2. The van der Waals surface area contributed by atoms with E-state index in [1.807, 2.05) is 50.2 Å². The summed E-state index contributed by atoms with van der Waals surface area (Å²) in [5.74, 6) is -1.26. The molecule has 4 aromatic carbocycles. The van der Waals surface area contributed by atoms with E-state index in [4.69, 9.17) is 0 Å². The van der Waals surface area contributed by atoms with E-state index in [9.17, 15) is 22.4 Å². The van der Waals surface area contributed by atoms with Crippen molar-refractivity contribution in [3.63, 3.8) is 0 Å². The van der Waals surface area contributed by atoms with Crippen LogP contribution in [0.5, 0.6) is 0 Å². The molecule has 1 saturated carbocycles. The predicted octanol–water partition coefficient (Wildman–Crippen LogP) is 6.73. The van der Waals surface area contributed by atoms with Crippen LogP contribution in [0, 0.1) is 19.7 Å². The lowest BCUT2D eigenvalue weighted by molar-refractivity contribution is -0.140. The van der Waals surface area contributed by atoms with Crippen molar-refractivity contribution < 1.29 is 22.4 Å². The van der Waals surface area contributed by atoms with Gasteiger partial charge in [-0.1, -0.05) is 91.6 Å². The number of carbonyl (C=O) groups is 2. The van der Waals surface area contributed by atoms with Crippen molar-refractivity contribution in [1.82, 2.24) is 10.2 Å². The third-order valence-electron chi connectivity index (χ3n) is 8.67. The number of amides is 2. The van der Waals surface area contributed by atoms with Crippen LogP contribution in [0.3, 0.4) is 0 Å². The molecule has 4 aromatic rings. The molecule has 5 rings (SSSR count). The van der Waals surface area contributed by atoms with Gasteiger partial charge in [-0.3, -0.25) is 13.9 Å². The van der Waals surface area contributed by atoms with Crippen molar-refractivity contribution in [2.45, 2.75) is 75.9 Å². The fourth-order valence-electron chi connectivity index (χ4n) is 6.03. The van der Waals surface area contributed by atoms with Gasteiger partial charge >= 0.3 is 0 Å². The Morgan fingerprint density at radius 1 is 0.809 bits per heavy atom. The van der Waals surface area contributed by atoms with Crippen LogP contribution < -0.4 is 9.62 Å². The van der Waals surface area contributed by atoms with Crippen LogP contribution in [0.2, 0.25) is 0 Å². The Morgan fingerprint density at radius 3 is 2.15 bits per heavy atom. The third kappa shape index (κ3) is 8.86. The van der Waals surface area contributed by atoms with E-state index < -0.39 is 34.3 Å². The number of carbonyl (C=O) groups excluding carboxylic acids is 2. The van der Waals surface area contributed by atoms with E-state index in [0.29, 0.717) is 11.3 Å². The highest BCUT2D eigenvalue weighted by atomic mass is 32.2. The normalized spacial score (nSPS) is 14.3. The summed E-state index contributed by atoms with van der Waals surface area (Å²) in [6.07, 6.45) is 5.13. The average Bonchev–Trinajstić information content (AvgIpc) is 3.07. The van der Waals surface area contributed by atoms with Gasteiger partial charge < -0.3 is 10.2 Å². The molecular formula is C38H42FN3O4S. The van der Waals surface area contributed by atoms with Gasteiger partial charge in [0, 0.05) is 19.0 Å². The zero-order valence-corrected chi connectivity index (χ0v) is 27.8. The largest absolute Gasteiger partial charge is 0.352 e. The molecule has 1 aliphatic carbocycles. The molecule has 1 N–H and O–H groups in total. The van der Waals surface area contributed by atoms with Gasteiger partial charge in [0.05, 0.1) is 10.6 Å². The molecule has 7 nitrogen and oxygen atoms in total. The number of halogens is 1. The zero-order chi connectivity index (χ0) is 33.4. The second-order valence-electron chi connectivity index (χ2n) is 12.4. The Kier molecular flexibility index (Phi) is 11.1.